The van der Waals surface area contributed by atoms with Crippen molar-refractivity contribution in [2.75, 3.05) is 5.32 Å². The standard InChI is InChI=1S/C18H15ClN4/c1-23-12-15(18(22-23)13-5-3-2-4-6-13)11-21-16-8-7-14(10-20)17(19)9-16/h2-9,12,21H,11H2,1H3. The summed E-state index contributed by atoms with van der Waals surface area (Å²) in [6.07, 6.45) is 2.00. The molecule has 23 heavy (non-hydrogen) atoms. The van der Waals surface area contributed by atoms with E-state index in [0.717, 1.165) is 22.5 Å². The van der Waals surface area contributed by atoms with Gasteiger partial charge in [-0.3, -0.25) is 4.68 Å². The average Bonchev–Trinajstić information content (AvgIpc) is 2.95. The maximum atomic E-state index is 8.92. The summed E-state index contributed by atoms with van der Waals surface area (Å²) < 4.78 is 1.81. The quantitative estimate of drug-likeness (QED) is 0.782. The van der Waals surface area contributed by atoms with E-state index >= 15 is 0 Å². The van der Waals surface area contributed by atoms with Crippen molar-refractivity contribution >= 4 is 17.3 Å². The summed E-state index contributed by atoms with van der Waals surface area (Å²) in [7, 11) is 1.91. The van der Waals surface area contributed by atoms with Gasteiger partial charge in [-0.25, -0.2) is 0 Å². The van der Waals surface area contributed by atoms with Crippen molar-refractivity contribution in [3.05, 3.63) is 70.9 Å². The lowest BCUT2D eigenvalue weighted by molar-refractivity contribution is 0.770. The van der Waals surface area contributed by atoms with Gasteiger partial charge in [0, 0.05) is 36.6 Å². The van der Waals surface area contributed by atoms with Crippen LogP contribution in [-0.2, 0) is 13.6 Å². The summed E-state index contributed by atoms with van der Waals surface area (Å²) >= 11 is 6.06. The summed E-state index contributed by atoms with van der Waals surface area (Å²) in [6.45, 7) is 0.625. The summed E-state index contributed by atoms with van der Waals surface area (Å²) in [4.78, 5) is 0. The molecular formula is C18H15ClN4. The number of anilines is 1. The Morgan fingerprint density at radius 1 is 1.22 bits per heavy atom. The van der Waals surface area contributed by atoms with E-state index in [2.05, 4.69) is 16.5 Å². The predicted octanol–water partition coefficient (Wildman–Crippen LogP) is 4.22. The molecule has 3 rings (SSSR count). The Morgan fingerprint density at radius 3 is 2.70 bits per heavy atom. The van der Waals surface area contributed by atoms with E-state index in [0.29, 0.717) is 17.1 Å². The molecule has 0 fully saturated rings. The van der Waals surface area contributed by atoms with Crippen LogP contribution in [-0.4, -0.2) is 9.78 Å². The van der Waals surface area contributed by atoms with Crippen LogP contribution in [0.4, 0.5) is 5.69 Å². The molecule has 0 atom stereocenters. The molecule has 0 saturated heterocycles. The monoisotopic (exact) mass is 322 g/mol. The maximum Gasteiger partial charge on any atom is 0.101 e. The van der Waals surface area contributed by atoms with Gasteiger partial charge in [0.25, 0.3) is 0 Å². The molecule has 0 unspecified atom stereocenters. The Bertz CT molecular complexity index is 862. The summed E-state index contributed by atoms with van der Waals surface area (Å²) in [5, 5.41) is 17.2. The lowest BCUT2D eigenvalue weighted by Gasteiger charge is -2.07. The molecule has 5 heteroatoms. The molecule has 0 spiro atoms. The third kappa shape index (κ3) is 3.36. The number of aryl methyl sites for hydroxylation is 1. The number of hydrogen-bond acceptors (Lipinski definition) is 3. The van der Waals surface area contributed by atoms with Gasteiger partial charge in [0.15, 0.2) is 0 Å². The van der Waals surface area contributed by atoms with Gasteiger partial charge in [0.2, 0.25) is 0 Å². The molecular weight excluding hydrogens is 308 g/mol. The smallest absolute Gasteiger partial charge is 0.101 e. The number of aromatic nitrogens is 2. The molecule has 1 aromatic heterocycles. The van der Waals surface area contributed by atoms with Gasteiger partial charge >= 0.3 is 0 Å². The van der Waals surface area contributed by atoms with Gasteiger partial charge in [-0.1, -0.05) is 41.9 Å². The van der Waals surface area contributed by atoms with Crippen LogP contribution in [0.2, 0.25) is 5.02 Å². The van der Waals surface area contributed by atoms with Crippen LogP contribution in [0.15, 0.2) is 54.7 Å². The number of hydrogen-bond donors (Lipinski definition) is 1. The molecule has 1 N–H and O–H groups in total. The number of halogens is 1. The van der Waals surface area contributed by atoms with Crippen molar-refractivity contribution in [3.8, 4) is 17.3 Å². The van der Waals surface area contributed by atoms with E-state index in [1.807, 2.05) is 54.3 Å². The van der Waals surface area contributed by atoms with Crippen molar-refractivity contribution < 1.29 is 0 Å². The predicted molar refractivity (Wildman–Crippen MR) is 92.1 cm³/mol. The van der Waals surface area contributed by atoms with Crippen LogP contribution in [0.5, 0.6) is 0 Å². The molecule has 4 nitrogen and oxygen atoms in total. The van der Waals surface area contributed by atoms with Crippen molar-refractivity contribution in [2.24, 2.45) is 7.05 Å². The number of nitrogens with zero attached hydrogens (tertiary/aromatic N) is 3. The van der Waals surface area contributed by atoms with Crippen LogP contribution >= 0.6 is 11.6 Å². The highest BCUT2D eigenvalue weighted by atomic mass is 35.5. The molecule has 2 aromatic carbocycles. The van der Waals surface area contributed by atoms with Crippen LogP contribution in [0, 0.1) is 11.3 Å². The van der Waals surface area contributed by atoms with E-state index in [1.54, 1.807) is 12.1 Å². The molecule has 114 valence electrons. The number of benzene rings is 2. The molecule has 0 amide bonds. The Balaban J connectivity index is 1.82. The van der Waals surface area contributed by atoms with E-state index in [1.165, 1.54) is 0 Å². The third-order valence-corrected chi connectivity index (χ3v) is 3.84. The number of nitriles is 1. The van der Waals surface area contributed by atoms with Crippen molar-refractivity contribution in [2.45, 2.75) is 6.54 Å². The fourth-order valence-corrected chi connectivity index (χ4v) is 2.64. The first-order chi connectivity index (χ1) is 11.2. The SMILES string of the molecule is Cn1cc(CNc2ccc(C#N)c(Cl)c2)c(-c2ccccc2)n1. The zero-order chi connectivity index (χ0) is 16.2. The Morgan fingerprint density at radius 2 is 2.00 bits per heavy atom. The molecule has 0 saturated carbocycles. The van der Waals surface area contributed by atoms with Crippen LogP contribution in [0.3, 0.4) is 0 Å². The highest BCUT2D eigenvalue weighted by Gasteiger charge is 2.10. The van der Waals surface area contributed by atoms with Gasteiger partial charge < -0.3 is 5.32 Å². The van der Waals surface area contributed by atoms with Crippen LogP contribution in [0.25, 0.3) is 11.3 Å². The van der Waals surface area contributed by atoms with Crippen molar-refractivity contribution in [3.63, 3.8) is 0 Å². The molecule has 0 aliphatic heterocycles. The molecule has 1 heterocycles. The maximum absolute atomic E-state index is 8.92. The van der Waals surface area contributed by atoms with E-state index in [-0.39, 0.29) is 0 Å². The van der Waals surface area contributed by atoms with Crippen molar-refractivity contribution in [1.29, 1.82) is 5.26 Å². The van der Waals surface area contributed by atoms with Crippen molar-refractivity contribution in [1.82, 2.24) is 9.78 Å². The first kappa shape index (κ1) is 15.1. The Hall–Kier alpha value is -2.77. The summed E-state index contributed by atoms with van der Waals surface area (Å²) in [6, 6.07) is 17.5. The average molecular weight is 323 g/mol. The molecule has 3 aromatic rings. The second kappa shape index (κ2) is 6.55. The largest absolute Gasteiger partial charge is 0.381 e. The molecule has 0 aliphatic rings. The molecule has 0 bridgehead atoms. The highest BCUT2D eigenvalue weighted by Crippen LogP contribution is 2.24. The lowest BCUT2D eigenvalue weighted by Crippen LogP contribution is -2.00. The minimum Gasteiger partial charge on any atom is -0.381 e. The summed E-state index contributed by atoms with van der Waals surface area (Å²) in [5.74, 6) is 0. The number of rotatable bonds is 4. The second-order valence-corrected chi connectivity index (χ2v) is 5.61. The summed E-state index contributed by atoms with van der Waals surface area (Å²) in [5.41, 5.74) is 4.49. The Kier molecular flexibility index (Phi) is 4.31. The first-order valence-electron chi connectivity index (χ1n) is 7.19. The van der Waals surface area contributed by atoms with E-state index in [9.17, 15) is 0 Å². The van der Waals surface area contributed by atoms with Crippen LogP contribution < -0.4 is 5.32 Å². The Labute approximate surface area is 139 Å². The molecule has 0 aliphatic carbocycles. The molecule has 0 radical (unpaired) electrons. The van der Waals surface area contributed by atoms with Crippen LogP contribution in [0.1, 0.15) is 11.1 Å². The van der Waals surface area contributed by atoms with E-state index in [4.69, 9.17) is 16.9 Å². The van der Waals surface area contributed by atoms with Gasteiger partial charge in [-0.2, -0.15) is 10.4 Å². The van der Waals surface area contributed by atoms with E-state index < -0.39 is 0 Å². The number of nitrogens with one attached hydrogen (secondary N) is 1. The second-order valence-electron chi connectivity index (χ2n) is 5.20. The highest BCUT2D eigenvalue weighted by molar-refractivity contribution is 6.32. The fraction of sp³-hybridized carbons (Fsp3) is 0.111. The zero-order valence-electron chi connectivity index (χ0n) is 12.6. The third-order valence-electron chi connectivity index (χ3n) is 3.52. The van der Waals surface area contributed by atoms with Gasteiger partial charge in [0.05, 0.1) is 16.3 Å². The fourth-order valence-electron chi connectivity index (χ4n) is 2.42. The normalized spacial score (nSPS) is 10.3. The first-order valence-corrected chi connectivity index (χ1v) is 7.56. The minimum atomic E-state index is 0.451. The zero-order valence-corrected chi connectivity index (χ0v) is 13.4. The topological polar surface area (TPSA) is 53.6 Å². The minimum absolute atomic E-state index is 0.451. The van der Waals surface area contributed by atoms with Gasteiger partial charge in [-0.15, -0.1) is 0 Å². The lowest BCUT2D eigenvalue weighted by atomic mass is 10.1. The van der Waals surface area contributed by atoms with Gasteiger partial charge in [-0.05, 0) is 18.2 Å². The van der Waals surface area contributed by atoms with Gasteiger partial charge in [0.1, 0.15) is 6.07 Å².